The topological polar surface area (TPSA) is 43.2 Å². The highest BCUT2D eigenvalue weighted by Crippen LogP contribution is 2.16. The third-order valence-electron chi connectivity index (χ3n) is 3.14. The third kappa shape index (κ3) is 4.88. The summed E-state index contributed by atoms with van der Waals surface area (Å²) in [7, 11) is 0. The van der Waals surface area contributed by atoms with Crippen molar-refractivity contribution in [2.24, 2.45) is 0 Å². The van der Waals surface area contributed by atoms with Gasteiger partial charge in [-0.1, -0.05) is 13.8 Å². The van der Waals surface area contributed by atoms with Crippen molar-refractivity contribution in [3.8, 4) is 6.07 Å². The Morgan fingerprint density at radius 2 is 1.89 bits per heavy atom. The minimum atomic E-state index is 0.631. The van der Waals surface area contributed by atoms with Gasteiger partial charge in [0.1, 0.15) is 0 Å². The van der Waals surface area contributed by atoms with E-state index in [-0.39, 0.29) is 0 Å². The molecule has 0 spiro atoms. The van der Waals surface area contributed by atoms with E-state index in [1.165, 1.54) is 11.3 Å². The molecule has 19 heavy (non-hydrogen) atoms. The van der Waals surface area contributed by atoms with Gasteiger partial charge in [-0.05, 0) is 18.6 Å². The van der Waals surface area contributed by atoms with Crippen LogP contribution in [0.25, 0.3) is 0 Å². The molecule has 1 aliphatic rings. The second kappa shape index (κ2) is 8.49. The van der Waals surface area contributed by atoms with E-state index >= 15 is 0 Å². The number of hydrogen-bond acceptors (Lipinski definition) is 4. The Bertz CT molecular complexity index is 403. The van der Waals surface area contributed by atoms with Crippen LogP contribution in [0.5, 0.6) is 0 Å². The Kier molecular flexibility index (Phi) is 6.91. The van der Waals surface area contributed by atoms with Crippen LogP contribution >= 0.6 is 0 Å². The highest BCUT2D eigenvalue weighted by atomic mass is 15.3. The first-order valence-electron chi connectivity index (χ1n) is 7.05. The molecule has 104 valence electrons. The molecule has 4 heteroatoms. The first-order chi connectivity index (χ1) is 9.29. The molecule has 0 saturated carbocycles. The molecule has 1 saturated heterocycles. The number of hydrogen-bond donors (Lipinski definition) is 0. The summed E-state index contributed by atoms with van der Waals surface area (Å²) in [5.41, 5.74) is 2.42. The molecule has 0 aromatic carbocycles. The van der Waals surface area contributed by atoms with E-state index in [9.17, 15) is 0 Å². The molecule has 0 bridgehead atoms. The van der Waals surface area contributed by atoms with Gasteiger partial charge in [0.05, 0.1) is 18.0 Å². The van der Waals surface area contributed by atoms with E-state index < -0.39 is 0 Å². The summed E-state index contributed by atoms with van der Waals surface area (Å²) in [4.78, 5) is 8.94. The number of rotatable bonds is 3. The molecule has 0 amide bonds. The lowest BCUT2D eigenvalue weighted by atomic mass is 10.2. The summed E-state index contributed by atoms with van der Waals surface area (Å²) < 4.78 is 0. The predicted molar refractivity (Wildman–Crippen MR) is 79.2 cm³/mol. The largest absolute Gasteiger partial charge is 0.368 e. The zero-order valence-corrected chi connectivity index (χ0v) is 12.3. The Hall–Kier alpha value is -1.60. The lowest BCUT2D eigenvalue weighted by molar-refractivity contribution is 0.263. The van der Waals surface area contributed by atoms with Crippen molar-refractivity contribution in [3.63, 3.8) is 0 Å². The molecule has 1 fully saturated rings. The van der Waals surface area contributed by atoms with Crippen LogP contribution in [0.15, 0.2) is 18.5 Å². The fourth-order valence-corrected chi connectivity index (χ4v) is 2.15. The van der Waals surface area contributed by atoms with Gasteiger partial charge in [0.2, 0.25) is 0 Å². The molecule has 1 aromatic rings. The number of anilines is 1. The number of pyridine rings is 1. The Balaban J connectivity index is 0.000000861. The van der Waals surface area contributed by atoms with Crippen LogP contribution in [0, 0.1) is 18.3 Å². The van der Waals surface area contributed by atoms with Crippen LogP contribution in [0.2, 0.25) is 0 Å². The molecule has 1 aliphatic heterocycles. The number of nitrogens with zero attached hydrogens (tertiary/aromatic N) is 4. The van der Waals surface area contributed by atoms with Crippen molar-refractivity contribution in [1.82, 2.24) is 9.88 Å². The van der Waals surface area contributed by atoms with Crippen LogP contribution < -0.4 is 4.90 Å². The van der Waals surface area contributed by atoms with Crippen LogP contribution in [0.4, 0.5) is 5.69 Å². The molecule has 4 nitrogen and oxygen atoms in total. The van der Waals surface area contributed by atoms with Crippen molar-refractivity contribution in [3.05, 3.63) is 24.0 Å². The highest BCUT2D eigenvalue weighted by molar-refractivity contribution is 5.46. The zero-order chi connectivity index (χ0) is 14.1. The van der Waals surface area contributed by atoms with Crippen LogP contribution in [0.1, 0.15) is 25.8 Å². The molecular formula is C15H24N4. The van der Waals surface area contributed by atoms with Crippen molar-refractivity contribution >= 4 is 5.69 Å². The van der Waals surface area contributed by atoms with Gasteiger partial charge in [-0.15, -0.1) is 0 Å². The summed E-state index contributed by atoms with van der Waals surface area (Å²) in [6.45, 7) is 11.1. The molecule has 0 atom stereocenters. The standard InChI is InChI=1S/C13H18N4.C2H6/c1-12-9-13(11-15-10-12)17-7-5-16(6-8-17)4-2-3-14;1-2/h9-11H,2,4-8H2,1H3;1-2H3. The molecular weight excluding hydrogens is 236 g/mol. The molecule has 2 rings (SSSR count). The first kappa shape index (κ1) is 15.5. The lowest BCUT2D eigenvalue weighted by Crippen LogP contribution is -2.46. The minimum absolute atomic E-state index is 0.631. The van der Waals surface area contributed by atoms with Gasteiger partial charge in [-0.25, -0.2) is 0 Å². The zero-order valence-electron chi connectivity index (χ0n) is 12.3. The van der Waals surface area contributed by atoms with Gasteiger partial charge < -0.3 is 4.90 Å². The van der Waals surface area contributed by atoms with E-state index in [1.54, 1.807) is 0 Å². The van der Waals surface area contributed by atoms with Gasteiger partial charge >= 0.3 is 0 Å². The van der Waals surface area contributed by atoms with E-state index in [4.69, 9.17) is 5.26 Å². The molecule has 0 radical (unpaired) electrons. The maximum atomic E-state index is 8.56. The maximum Gasteiger partial charge on any atom is 0.0635 e. The average Bonchev–Trinajstić information content (AvgIpc) is 2.48. The fraction of sp³-hybridized carbons (Fsp3) is 0.600. The molecule has 0 aliphatic carbocycles. The Morgan fingerprint density at radius 3 is 2.47 bits per heavy atom. The molecule has 0 N–H and O–H groups in total. The minimum Gasteiger partial charge on any atom is -0.368 e. The van der Waals surface area contributed by atoms with E-state index in [1.807, 2.05) is 26.2 Å². The van der Waals surface area contributed by atoms with Gasteiger partial charge in [-0.3, -0.25) is 9.88 Å². The van der Waals surface area contributed by atoms with Crippen LogP contribution in [-0.2, 0) is 0 Å². The van der Waals surface area contributed by atoms with E-state index in [0.717, 1.165) is 32.7 Å². The second-order valence-electron chi connectivity index (χ2n) is 4.46. The van der Waals surface area contributed by atoms with Crippen LogP contribution in [0.3, 0.4) is 0 Å². The van der Waals surface area contributed by atoms with E-state index in [2.05, 4.69) is 33.8 Å². The number of aryl methyl sites for hydroxylation is 1. The predicted octanol–water partition coefficient (Wildman–Crippen LogP) is 2.45. The SMILES string of the molecule is CC.Cc1cncc(N2CCN(CCC#N)CC2)c1. The van der Waals surface area contributed by atoms with Gasteiger partial charge in [0.15, 0.2) is 0 Å². The number of piperazine rings is 1. The summed E-state index contributed by atoms with van der Waals surface area (Å²) in [6.07, 6.45) is 4.44. The van der Waals surface area contributed by atoms with Crippen molar-refractivity contribution in [2.45, 2.75) is 27.2 Å². The Labute approximate surface area is 116 Å². The van der Waals surface area contributed by atoms with Crippen LogP contribution in [-0.4, -0.2) is 42.6 Å². The van der Waals surface area contributed by atoms with Gasteiger partial charge in [0, 0.05) is 45.3 Å². The monoisotopic (exact) mass is 260 g/mol. The van der Waals surface area contributed by atoms with Crippen molar-refractivity contribution in [2.75, 3.05) is 37.6 Å². The second-order valence-corrected chi connectivity index (χ2v) is 4.46. The van der Waals surface area contributed by atoms with E-state index in [0.29, 0.717) is 6.42 Å². The average molecular weight is 260 g/mol. The molecule has 0 unspecified atom stereocenters. The lowest BCUT2D eigenvalue weighted by Gasteiger charge is -2.35. The van der Waals surface area contributed by atoms with Gasteiger partial charge in [0.25, 0.3) is 0 Å². The quantitative estimate of drug-likeness (QED) is 0.837. The fourth-order valence-electron chi connectivity index (χ4n) is 2.15. The summed E-state index contributed by atoms with van der Waals surface area (Å²) in [5, 5.41) is 8.56. The first-order valence-corrected chi connectivity index (χ1v) is 7.05. The maximum absolute atomic E-state index is 8.56. The highest BCUT2D eigenvalue weighted by Gasteiger charge is 2.16. The van der Waals surface area contributed by atoms with Gasteiger partial charge in [-0.2, -0.15) is 5.26 Å². The normalized spacial score (nSPS) is 15.4. The number of nitriles is 1. The van der Waals surface area contributed by atoms with Crippen molar-refractivity contribution in [1.29, 1.82) is 5.26 Å². The summed E-state index contributed by atoms with van der Waals surface area (Å²) in [6, 6.07) is 4.38. The number of aromatic nitrogens is 1. The third-order valence-corrected chi connectivity index (χ3v) is 3.14. The molecule has 2 heterocycles. The summed E-state index contributed by atoms with van der Waals surface area (Å²) >= 11 is 0. The Morgan fingerprint density at radius 1 is 1.21 bits per heavy atom. The smallest absolute Gasteiger partial charge is 0.0635 e. The molecule has 1 aromatic heterocycles. The van der Waals surface area contributed by atoms with Crippen molar-refractivity contribution < 1.29 is 0 Å². The summed E-state index contributed by atoms with van der Waals surface area (Å²) in [5.74, 6) is 0.